The number of pyridine rings is 1. The Labute approximate surface area is 154 Å². The fraction of sp³-hybridized carbons (Fsp3) is 0.600. The standard InChI is InChI=1S/C20H27N5O/c1-13-8-14(2)23-19-18(13)20(22-12-21-19)24(3)10-15-9-17(26)25(11-15)16-6-4-5-7-16/h8,12,15-16H,4-7,9-11H2,1-3H3/t15-/m0/s1. The number of hydrogen-bond acceptors (Lipinski definition) is 5. The number of rotatable bonds is 4. The fourth-order valence-corrected chi connectivity index (χ4v) is 4.65. The molecule has 0 spiro atoms. The molecule has 0 radical (unpaired) electrons. The second-order valence-electron chi connectivity index (χ2n) is 7.91. The first-order valence-electron chi connectivity index (χ1n) is 9.62. The van der Waals surface area contributed by atoms with Crippen LogP contribution in [0.3, 0.4) is 0 Å². The molecule has 2 fully saturated rings. The Hall–Kier alpha value is -2.24. The molecule has 138 valence electrons. The molecular weight excluding hydrogens is 326 g/mol. The summed E-state index contributed by atoms with van der Waals surface area (Å²) in [5.74, 6) is 1.60. The first-order chi connectivity index (χ1) is 12.5. The minimum atomic E-state index is 0.330. The molecule has 0 unspecified atom stereocenters. The maximum atomic E-state index is 12.5. The lowest BCUT2D eigenvalue weighted by molar-refractivity contribution is -0.129. The van der Waals surface area contributed by atoms with Crippen LogP contribution < -0.4 is 4.90 Å². The summed E-state index contributed by atoms with van der Waals surface area (Å²) in [5, 5.41) is 1.01. The Balaban J connectivity index is 1.53. The van der Waals surface area contributed by atoms with Gasteiger partial charge >= 0.3 is 0 Å². The summed E-state index contributed by atoms with van der Waals surface area (Å²) in [5.41, 5.74) is 2.86. The Morgan fingerprint density at radius 2 is 2.00 bits per heavy atom. The van der Waals surface area contributed by atoms with Gasteiger partial charge in [-0.25, -0.2) is 15.0 Å². The summed E-state index contributed by atoms with van der Waals surface area (Å²) in [6, 6.07) is 2.55. The molecule has 1 aliphatic carbocycles. The van der Waals surface area contributed by atoms with Gasteiger partial charge in [0.1, 0.15) is 12.1 Å². The molecule has 2 aliphatic rings. The van der Waals surface area contributed by atoms with E-state index < -0.39 is 0 Å². The molecule has 4 rings (SSSR count). The molecule has 2 aromatic heterocycles. The molecule has 0 aromatic carbocycles. The molecule has 3 heterocycles. The summed E-state index contributed by atoms with van der Waals surface area (Å²) in [7, 11) is 2.06. The number of aryl methyl sites for hydroxylation is 2. The highest BCUT2D eigenvalue weighted by atomic mass is 16.2. The van der Waals surface area contributed by atoms with Crippen molar-refractivity contribution in [2.24, 2.45) is 5.92 Å². The van der Waals surface area contributed by atoms with Crippen molar-refractivity contribution in [3.05, 3.63) is 23.7 Å². The average molecular weight is 353 g/mol. The lowest BCUT2D eigenvalue weighted by Crippen LogP contribution is -2.35. The van der Waals surface area contributed by atoms with E-state index in [1.165, 1.54) is 25.7 Å². The van der Waals surface area contributed by atoms with E-state index in [1.54, 1.807) is 6.33 Å². The summed E-state index contributed by atoms with van der Waals surface area (Å²) >= 11 is 0. The summed E-state index contributed by atoms with van der Waals surface area (Å²) in [6.07, 6.45) is 7.12. The second kappa shape index (κ2) is 6.82. The zero-order valence-electron chi connectivity index (χ0n) is 15.9. The van der Waals surface area contributed by atoms with Gasteiger partial charge in [-0.1, -0.05) is 12.8 Å². The molecular formula is C20H27N5O. The van der Waals surface area contributed by atoms with Crippen molar-refractivity contribution in [3.8, 4) is 0 Å². The summed E-state index contributed by atoms with van der Waals surface area (Å²) < 4.78 is 0. The van der Waals surface area contributed by atoms with Crippen LogP contribution in [-0.4, -0.2) is 51.9 Å². The van der Waals surface area contributed by atoms with E-state index in [0.29, 0.717) is 24.3 Å². The third kappa shape index (κ3) is 3.13. The minimum absolute atomic E-state index is 0.330. The van der Waals surface area contributed by atoms with Crippen molar-refractivity contribution < 1.29 is 4.79 Å². The molecule has 1 atom stereocenters. The number of amides is 1. The Morgan fingerprint density at radius 3 is 2.77 bits per heavy atom. The Morgan fingerprint density at radius 1 is 1.23 bits per heavy atom. The predicted octanol–water partition coefficient (Wildman–Crippen LogP) is 2.87. The maximum absolute atomic E-state index is 12.5. The van der Waals surface area contributed by atoms with Crippen LogP contribution in [0.2, 0.25) is 0 Å². The number of nitrogens with zero attached hydrogens (tertiary/aromatic N) is 5. The number of carbonyl (C=O) groups excluding carboxylic acids is 1. The lowest BCUT2D eigenvalue weighted by atomic mass is 10.1. The minimum Gasteiger partial charge on any atom is -0.359 e. The molecule has 0 N–H and O–H groups in total. The van der Waals surface area contributed by atoms with E-state index in [2.05, 4.69) is 44.8 Å². The zero-order valence-corrected chi connectivity index (χ0v) is 15.9. The van der Waals surface area contributed by atoms with E-state index in [-0.39, 0.29) is 0 Å². The first-order valence-corrected chi connectivity index (χ1v) is 9.62. The number of likely N-dealkylation sites (tertiary alicyclic amines) is 1. The van der Waals surface area contributed by atoms with Gasteiger partial charge < -0.3 is 9.80 Å². The van der Waals surface area contributed by atoms with E-state index >= 15 is 0 Å². The van der Waals surface area contributed by atoms with Crippen molar-refractivity contribution in [2.45, 2.75) is 52.0 Å². The molecule has 26 heavy (non-hydrogen) atoms. The normalized spacial score (nSPS) is 21.1. The smallest absolute Gasteiger partial charge is 0.223 e. The van der Waals surface area contributed by atoms with Crippen LogP contribution in [0.1, 0.15) is 43.4 Å². The van der Waals surface area contributed by atoms with Crippen molar-refractivity contribution in [1.82, 2.24) is 19.9 Å². The summed E-state index contributed by atoms with van der Waals surface area (Å²) in [4.78, 5) is 30.2. The Bertz CT molecular complexity index is 830. The van der Waals surface area contributed by atoms with Crippen molar-refractivity contribution in [2.75, 3.05) is 25.0 Å². The van der Waals surface area contributed by atoms with Crippen LogP contribution in [0.15, 0.2) is 12.4 Å². The van der Waals surface area contributed by atoms with Crippen LogP contribution in [0.5, 0.6) is 0 Å². The van der Waals surface area contributed by atoms with Crippen molar-refractivity contribution in [3.63, 3.8) is 0 Å². The second-order valence-corrected chi connectivity index (χ2v) is 7.91. The van der Waals surface area contributed by atoms with E-state index in [4.69, 9.17) is 0 Å². The molecule has 2 aromatic rings. The monoisotopic (exact) mass is 353 g/mol. The SMILES string of the molecule is Cc1cc(C)c2c(N(C)C[C@@H]3CC(=O)N(C4CCCC4)C3)ncnc2n1. The van der Waals surface area contributed by atoms with Gasteiger partial charge in [-0.3, -0.25) is 4.79 Å². The Kier molecular flexibility index (Phi) is 4.51. The third-order valence-electron chi connectivity index (χ3n) is 5.81. The molecule has 6 nitrogen and oxygen atoms in total. The van der Waals surface area contributed by atoms with Gasteiger partial charge in [-0.2, -0.15) is 0 Å². The van der Waals surface area contributed by atoms with Crippen LogP contribution in [0.25, 0.3) is 11.0 Å². The van der Waals surface area contributed by atoms with Gasteiger partial charge in [-0.05, 0) is 38.3 Å². The lowest BCUT2D eigenvalue weighted by Gasteiger charge is -2.26. The van der Waals surface area contributed by atoms with Gasteiger partial charge in [0.15, 0.2) is 5.65 Å². The number of carbonyl (C=O) groups is 1. The van der Waals surface area contributed by atoms with Crippen molar-refractivity contribution >= 4 is 22.8 Å². The first kappa shape index (κ1) is 17.2. The van der Waals surface area contributed by atoms with Crippen LogP contribution in [0, 0.1) is 19.8 Å². The predicted molar refractivity (Wildman–Crippen MR) is 102 cm³/mol. The topological polar surface area (TPSA) is 62.2 Å². The number of aromatic nitrogens is 3. The maximum Gasteiger partial charge on any atom is 0.223 e. The summed E-state index contributed by atoms with van der Waals surface area (Å²) in [6.45, 7) is 5.78. The number of anilines is 1. The van der Waals surface area contributed by atoms with Crippen LogP contribution in [-0.2, 0) is 4.79 Å². The highest BCUT2D eigenvalue weighted by Crippen LogP contribution is 2.31. The van der Waals surface area contributed by atoms with Gasteiger partial charge in [0.2, 0.25) is 5.91 Å². The highest BCUT2D eigenvalue weighted by molar-refractivity contribution is 5.90. The fourth-order valence-electron chi connectivity index (χ4n) is 4.65. The van der Waals surface area contributed by atoms with E-state index in [9.17, 15) is 4.79 Å². The van der Waals surface area contributed by atoms with Gasteiger partial charge in [0.05, 0.1) is 5.39 Å². The van der Waals surface area contributed by atoms with E-state index in [1.807, 2.05) is 6.92 Å². The molecule has 1 aliphatic heterocycles. The number of hydrogen-bond donors (Lipinski definition) is 0. The number of fused-ring (bicyclic) bond motifs is 1. The zero-order chi connectivity index (χ0) is 18.3. The molecule has 1 saturated carbocycles. The van der Waals surface area contributed by atoms with Gasteiger partial charge in [-0.15, -0.1) is 0 Å². The quantitative estimate of drug-likeness (QED) is 0.846. The highest BCUT2D eigenvalue weighted by Gasteiger charge is 2.36. The van der Waals surface area contributed by atoms with Crippen molar-refractivity contribution in [1.29, 1.82) is 0 Å². The average Bonchev–Trinajstić information content (AvgIpc) is 3.23. The largest absolute Gasteiger partial charge is 0.359 e. The molecule has 1 amide bonds. The van der Waals surface area contributed by atoms with Gasteiger partial charge in [0, 0.05) is 44.2 Å². The molecule has 0 bridgehead atoms. The van der Waals surface area contributed by atoms with Crippen LogP contribution >= 0.6 is 0 Å². The van der Waals surface area contributed by atoms with E-state index in [0.717, 1.165) is 41.2 Å². The van der Waals surface area contributed by atoms with Crippen LogP contribution in [0.4, 0.5) is 5.82 Å². The van der Waals surface area contributed by atoms with Gasteiger partial charge in [0.25, 0.3) is 0 Å². The third-order valence-corrected chi connectivity index (χ3v) is 5.81. The molecule has 6 heteroatoms. The molecule has 1 saturated heterocycles.